The van der Waals surface area contributed by atoms with Crippen LogP contribution in [0, 0.1) is 0 Å². The van der Waals surface area contributed by atoms with E-state index in [-0.39, 0.29) is 22.8 Å². The van der Waals surface area contributed by atoms with Crippen LogP contribution < -0.4 is 11.2 Å². The number of esters is 1. The first-order valence-electron chi connectivity index (χ1n) is 9.25. The molecule has 1 aliphatic rings. The Balaban J connectivity index is 1.71. The average molecular weight is 421 g/mol. The third-order valence-corrected chi connectivity index (χ3v) is 6.93. The number of rotatable bonds is 5. The summed E-state index contributed by atoms with van der Waals surface area (Å²) in [5.41, 5.74) is -0.575. The Morgan fingerprint density at radius 1 is 1.00 bits per heavy atom. The second-order valence-corrected chi connectivity index (χ2v) is 8.88. The number of hydrogen-bond donors (Lipinski definition) is 0. The summed E-state index contributed by atoms with van der Waals surface area (Å²) in [5.74, 6) is -0.681. The number of carbonyl (C=O) groups excluding carboxylic acids is 1. The number of aromatic nitrogens is 2. The molecule has 2 aromatic rings. The molecular weight excluding hydrogens is 398 g/mol. The highest BCUT2D eigenvalue weighted by atomic mass is 32.2. The molecule has 0 N–H and O–H groups in total. The van der Waals surface area contributed by atoms with Gasteiger partial charge in [0.15, 0.2) is 0 Å². The molecule has 1 aromatic heterocycles. The van der Waals surface area contributed by atoms with Crippen molar-refractivity contribution in [1.82, 2.24) is 13.4 Å². The topological polar surface area (TPSA) is 108 Å². The Morgan fingerprint density at radius 2 is 1.62 bits per heavy atom. The van der Waals surface area contributed by atoms with Gasteiger partial charge in [-0.05, 0) is 37.1 Å². The maximum atomic E-state index is 12.7. The van der Waals surface area contributed by atoms with Gasteiger partial charge in [-0.25, -0.2) is 18.0 Å². The zero-order valence-corrected chi connectivity index (χ0v) is 17.1. The van der Waals surface area contributed by atoms with Crippen molar-refractivity contribution in [2.24, 2.45) is 14.1 Å². The minimum Gasteiger partial charge on any atom is -0.456 e. The van der Waals surface area contributed by atoms with E-state index in [1.165, 1.54) is 53.3 Å². The molecular formula is C19H23N3O6S. The smallest absolute Gasteiger partial charge is 0.338 e. The fourth-order valence-electron chi connectivity index (χ4n) is 3.16. The van der Waals surface area contributed by atoms with Crippen molar-refractivity contribution in [2.75, 3.05) is 13.1 Å². The third kappa shape index (κ3) is 4.33. The zero-order valence-electron chi connectivity index (χ0n) is 16.3. The zero-order chi connectivity index (χ0) is 21.2. The molecule has 0 spiro atoms. The molecule has 1 saturated heterocycles. The second-order valence-electron chi connectivity index (χ2n) is 6.94. The summed E-state index contributed by atoms with van der Waals surface area (Å²) in [6, 6.07) is 6.77. The fraction of sp³-hybridized carbons (Fsp3) is 0.421. The van der Waals surface area contributed by atoms with Crippen LogP contribution in [0.2, 0.25) is 0 Å². The Kier molecular flexibility index (Phi) is 6.04. The second kappa shape index (κ2) is 8.34. The molecule has 1 aliphatic heterocycles. The number of sulfonamides is 1. The molecule has 10 heteroatoms. The van der Waals surface area contributed by atoms with Crippen LogP contribution in [0.15, 0.2) is 44.8 Å². The van der Waals surface area contributed by atoms with Crippen molar-refractivity contribution >= 4 is 16.0 Å². The summed E-state index contributed by atoms with van der Waals surface area (Å²) >= 11 is 0. The quantitative estimate of drug-likeness (QED) is 0.655. The fourth-order valence-corrected chi connectivity index (χ4v) is 4.67. The van der Waals surface area contributed by atoms with Gasteiger partial charge in [0.1, 0.15) is 6.61 Å². The Morgan fingerprint density at radius 3 is 2.24 bits per heavy atom. The van der Waals surface area contributed by atoms with Gasteiger partial charge in [-0.15, -0.1) is 0 Å². The normalized spacial score (nSPS) is 15.2. The van der Waals surface area contributed by atoms with E-state index in [0.717, 1.165) is 23.8 Å². The largest absolute Gasteiger partial charge is 0.456 e. The predicted octanol–water partition coefficient (Wildman–Crippen LogP) is 0.616. The highest BCUT2D eigenvalue weighted by molar-refractivity contribution is 7.89. The number of nitrogens with zero attached hydrogens (tertiary/aromatic N) is 3. The first-order chi connectivity index (χ1) is 13.7. The van der Waals surface area contributed by atoms with Gasteiger partial charge in [-0.1, -0.05) is 6.42 Å². The summed E-state index contributed by atoms with van der Waals surface area (Å²) < 4.78 is 34.1. The number of benzene rings is 1. The number of piperidine rings is 1. The Bertz CT molecular complexity index is 1130. The lowest BCUT2D eigenvalue weighted by Crippen LogP contribution is -2.38. The molecule has 3 rings (SSSR count). The van der Waals surface area contributed by atoms with Crippen LogP contribution in [0.4, 0.5) is 0 Å². The van der Waals surface area contributed by atoms with Crippen LogP contribution in [-0.4, -0.2) is 40.9 Å². The summed E-state index contributed by atoms with van der Waals surface area (Å²) in [7, 11) is -0.734. The Labute approximate surface area is 168 Å². The van der Waals surface area contributed by atoms with E-state index in [4.69, 9.17) is 4.74 Å². The minimum absolute atomic E-state index is 0.130. The molecule has 0 unspecified atom stereocenters. The van der Waals surface area contributed by atoms with Crippen LogP contribution in [0.1, 0.15) is 35.3 Å². The van der Waals surface area contributed by atoms with E-state index >= 15 is 0 Å². The van der Waals surface area contributed by atoms with Crippen molar-refractivity contribution in [1.29, 1.82) is 0 Å². The van der Waals surface area contributed by atoms with Crippen LogP contribution in [0.5, 0.6) is 0 Å². The lowest BCUT2D eigenvalue weighted by atomic mass is 10.2. The van der Waals surface area contributed by atoms with E-state index in [2.05, 4.69) is 0 Å². The number of ether oxygens (including phenoxy) is 1. The van der Waals surface area contributed by atoms with Crippen molar-refractivity contribution in [3.8, 4) is 0 Å². The predicted molar refractivity (Wildman–Crippen MR) is 105 cm³/mol. The van der Waals surface area contributed by atoms with Gasteiger partial charge in [0.25, 0.3) is 5.56 Å². The van der Waals surface area contributed by atoms with Gasteiger partial charge in [0.05, 0.1) is 16.2 Å². The maximum Gasteiger partial charge on any atom is 0.338 e. The van der Waals surface area contributed by atoms with Crippen LogP contribution in [0.3, 0.4) is 0 Å². The molecule has 1 fully saturated rings. The van der Waals surface area contributed by atoms with Crippen LogP contribution in [0.25, 0.3) is 0 Å². The molecule has 0 bridgehead atoms. The standard InChI is InChI=1S/C19H23N3O6S/c1-20-15(12-17(23)21(2)19(20)25)13-28-18(24)14-6-8-16(9-7-14)29(26,27)22-10-4-3-5-11-22/h6-9,12H,3-5,10-11,13H2,1-2H3. The highest BCUT2D eigenvalue weighted by Gasteiger charge is 2.26. The summed E-state index contributed by atoms with van der Waals surface area (Å²) in [6.45, 7) is 0.747. The average Bonchev–Trinajstić information content (AvgIpc) is 2.74. The van der Waals surface area contributed by atoms with E-state index in [1.54, 1.807) is 0 Å². The van der Waals surface area contributed by atoms with Gasteiger partial charge in [0.2, 0.25) is 10.0 Å². The SMILES string of the molecule is Cn1c(COC(=O)c2ccc(S(=O)(=O)N3CCCCC3)cc2)cc(=O)n(C)c1=O. The van der Waals surface area contributed by atoms with E-state index in [9.17, 15) is 22.8 Å². The van der Waals surface area contributed by atoms with Crippen molar-refractivity contribution in [3.63, 3.8) is 0 Å². The molecule has 0 aliphatic carbocycles. The van der Waals surface area contributed by atoms with Crippen LogP contribution >= 0.6 is 0 Å². The first-order valence-corrected chi connectivity index (χ1v) is 10.7. The van der Waals surface area contributed by atoms with E-state index in [0.29, 0.717) is 13.1 Å². The van der Waals surface area contributed by atoms with Crippen molar-refractivity contribution in [3.05, 3.63) is 62.4 Å². The molecule has 0 amide bonds. The van der Waals surface area contributed by atoms with Gasteiger partial charge < -0.3 is 4.74 Å². The summed E-state index contributed by atoms with van der Waals surface area (Å²) in [4.78, 5) is 36.1. The van der Waals surface area contributed by atoms with Gasteiger partial charge in [-0.3, -0.25) is 13.9 Å². The minimum atomic E-state index is -3.57. The van der Waals surface area contributed by atoms with Crippen molar-refractivity contribution < 1.29 is 17.9 Å². The number of hydrogen-bond acceptors (Lipinski definition) is 6. The van der Waals surface area contributed by atoms with Crippen LogP contribution in [-0.2, 0) is 35.5 Å². The lowest BCUT2D eigenvalue weighted by molar-refractivity contribution is 0.0462. The molecule has 0 atom stereocenters. The molecule has 0 radical (unpaired) electrons. The molecule has 0 saturated carbocycles. The summed E-state index contributed by atoms with van der Waals surface area (Å²) in [6.07, 6.45) is 2.71. The van der Waals surface area contributed by atoms with Gasteiger partial charge >= 0.3 is 11.7 Å². The summed E-state index contributed by atoms with van der Waals surface area (Å²) in [5, 5.41) is 0. The molecule has 156 valence electrons. The monoisotopic (exact) mass is 421 g/mol. The van der Waals surface area contributed by atoms with E-state index in [1.807, 2.05) is 0 Å². The Hall–Kier alpha value is -2.72. The van der Waals surface area contributed by atoms with Gasteiger partial charge in [0, 0.05) is 33.3 Å². The van der Waals surface area contributed by atoms with Crippen molar-refractivity contribution in [2.45, 2.75) is 30.8 Å². The third-order valence-electron chi connectivity index (χ3n) is 5.02. The number of carbonyl (C=O) groups is 1. The molecule has 29 heavy (non-hydrogen) atoms. The molecule has 2 heterocycles. The molecule has 9 nitrogen and oxygen atoms in total. The maximum absolute atomic E-state index is 12.7. The first kappa shape index (κ1) is 21.0. The molecule has 1 aromatic carbocycles. The highest BCUT2D eigenvalue weighted by Crippen LogP contribution is 2.21. The lowest BCUT2D eigenvalue weighted by Gasteiger charge is -2.25. The van der Waals surface area contributed by atoms with Gasteiger partial charge in [-0.2, -0.15) is 4.31 Å². The van der Waals surface area contributed by atoms with E-state index < -0.39 is 27.2 Å².